The second kappa shape index (κ2) is 10.3. The maximum Gasteiger partial charge on any atom is 0.253 e. The molecule has 3 nitrogen and oxygen atoms in total. The van der Waals surface area contributed by atoms with Crippen molar-refractivity contribution < 1.29 is 9.53 Å². The minimum Gasteiger partial charge on any atom is -0.501 e. The zero-order valence-electron chi connectivity index (χ0n) is 13.7. The van der Waals surface area contributed by atoms with Crippen molar-refractivity contribution in [1.29, 1.82) is 0 Å². The molecule has 0 heterocycles. The molecule has 20 heavy (non-hydrogen) atoms. The number of hydrogen-bond donors (Lipinski definition) is 0. The summed E-state index contributed by atoms with van der Waals surface area (Å²) < 4.78 is 5.10. The molecule has 0 atom stereocenters. The van der Waals surface area contributed by atoms with Gasteiger partial charge in [0, 0.05) is 18.7 Å². The van der Waals surface area contributed by atoms with E-state index >= 15 is 0 Å². The van der Waals surface area contributed by atoms with Crippen molar-refractivity contribution in [3.8, 4) is 0 Å². The Bertz CT molecular complexity index is 380. The minimum absolute atomic E-state index is 0.0307. The molecule has 0 aromatic rings. The van der Waals surface area contributed by atoms with Gasteiger partial charge in [-0.15, -0.1) is 0 Å². The molecule has 0 rings (SSSR count). The molecule has 0 saturated carbocycles. The lowest BCUT2D eigenvalue weighted by molar-refractivity contribution is -0.126. The van der Waals surface area contributed by atoms with Gasteiger partial charge in [0.15, 0.2) is 0 Å². The Morgan fingerprint density at radius 2 is 1.80 bits per heavy atom. The smallest absolute Gasteiger partial charge is 0.253 e. The zero-order valence-corrected chi connectivity index (χ0v) is 13.7. The third-order valence-electron chi connectivity index (χ3n) is 2.99. The van der Waals surface area contributed by atoms with E-state index in [2.05, 4.69) is 20.4 Å². The highest BCUT2D eigenvalue weighted by molar-refractivity contribution is 5.95. The summed E-state index contributed by atoms with van der Waals surface area (Å²) in [5.74, 6) is 0.846. The van der Waals surface area contributed by atoms with Crippen molar-refractivity contribution in [1.82, 2.24) is 4.90 Å². The first-order chi connectivity index (χ1) is 9.46. The molecule has 0 fully saturated rings. The molecule has 0 radical (unpaired) electrons. The highest BCUT2D eigenvalue weighted by atomic mass is 16.5. The van der Waals surface area contributed by atoms with Gasteiger partial charge in [-0.1, -0.05) is 26.8 Å². The predicted molar refractivity (Wildman–Crippen MR) is 85.4 cm³/mol. The van der Waals surface area contributed by atoms with Crippen LogP contribution in [0.2, 0.25) is 0 Å². The number of methoxy groups -OCH3 is 1. The Morgan fingerprint density at radius 1 is 1.15 bits per heavy atom. The second-order valence-electron chi connectivity index (χ2n) is 5.02. The number of rotatable bonds is 9. The van der Waals surface area contributed by atoms with Crippen LogP contribution in [0.15, 0.2) is 35.6 Å². The van der Waals surface area contributed by atoms with Crippen molar-refractivity contribution >= 4 is 5.91 Å². The number of amides is 1. The first-order valence-electron chi connectivity index (χ1n) is 7.35. The van der Waals surface area contributed by atoms with Crippen LogP contribution in [0.25, 0.3) is 0 Å². The summed E-state index contributed by atoms with van der Waals surface area (Å²) >= 11 is 0. The van der Waals surface area contributed by atoms with Crippen LogP contribution in [0.1, 0.15) is 47.0 Å². The molecular formula is C17H29NO2. The van der Waals surface area contributed by atoms with Crippen LogP contribution < -0.4 is 0 Å². The van der Waals surface area contributed by atoms with Crippen molar-refractivity contribution in [2.45, 2.75) is 47.0 Å². The fraction of sp³-hybridized carbons (Fsp3) is 0.588. The molecule has 3 heteroatoms. The van der Waals surface area contributed by atoms with E-state index in [1.165, 1.54) is 0 Å². The minimum atomic E-state index is 0.0307. The van der Waals surface area contributed by atoms with Gasteiger partial charge in [-0.2, -0.15) is 0 Å². The van der Waals surface area contributed by atoms with E-state index in [-0.39, 0.29) is 5.91 Å². The number of carbonyl (C=O) groups is 1. The molecular weight excluding hydrogens is 250 g/mol. The maximum absolute atomic E-state index is 12.4. The normalized spacial score (nSPS) is 12.2. The Hall–Kier alpha value is -1.51. The van der Waals surface area contributed by atoms with Crippen molar-refractivity contribution in [3.63, 3.8) is 0 Å². The molecule has 0 bridgehead atoms. The van der Waals surface area contributed by atoms with Gasteiger partial charge in [-0.05, 0) is 44.4 Å². The van der Waals surface area contributed by atoms with Crippen molar-refractivity contribution in [2.75, 3.05) is 20.2 Å². The van der Waals surface area contributed by atoms with Crippen LogP contribution in [0.5, 0.6) is 0 Å². The van der Waals surface area contributed by atoms with Crippen LogP contribution in [0.3, 0.4) is 0 Å². The molecule has 0 saturated heterocycles. The molecule has 1 amide bonds. The van der Waals surface area contributed by atoms with Crippen LogP contribution in [-0.2, 0) is 9.53 Å². The average molecular weight is 279 g/mol. The van der Waals surface area contributed by atoms with Crippen LogP contribution >= 0.6 is 0 Å². The third-order valence-corrected chi connectivity index (χ3v) is 2.99. The molecule has 114 valence electrons. The summed E-state index contributed by atoms with van der Waals surface area (Å²) in [5, 5.41) is 0. The molecule has 0 spiro atoms. The summed E-state index contributed by atoms with van der Waals surface area (Å²) in [6.07, 6.45) is 6.80. The van der Waals surface area contributed by atoms with E-state index in [0.29, 0.717) is 5.57 Å². The lowest BCUT2D eigenvalue weighted by Crippen LogP contribution is -2.33. The Kier molecular flexibility index (Phi) is 9.52. The lowest BCUT2D eigenvalue weighted by atomic mass is 10.1. The van der Waals surface area contributed by atoms with Crippen LogP contribution in [0.4, 0.5) is 0 Å². The number of allylic oxidation sites excluding steroid dienone is 3. The number of hydrogen-bond acceptors (Lipinski definition) is 2. The van der Waals surface area contributed by atoms with Gasteiger partial charge in [0.1, 0.15) is 0 Å². The molecule has 0 unspecified atom stereocenters. The van der Waals surface area contributed by atoms with E-state index in [1.54, 1.807) is 7.11 Å². The fourth-order valence-electron chi connectivity index (χ4n) is 1.89. The van der Waals surface area contributed by atoms with Gasteiger partial charge in [-0.3, -0.25) is 4.79 Å². The Balaban J connectivity index is 4.79. The SMILES string of the molecule is C=C(/C=C(C)\C=C(/C)OC)C(=O)N(CCC)CCCC. The van der Waals surface area contributed by atoms with Gasteiger partial charge in [0.2, 0.25) is 0 Å². The second-order valence-corrected chi connectivity index (χ2v) is 5.02. The van der Waals surface area contributed by atoms with Gasteiger partial charge >= 0.3 is 0 Å². The Labute approximate surface area is 124 Å². The quantitative estimate of drug-likeness (QED) is 0.361. The number of carbonyl (C=O) groups excluding carboxylic acids is 1. The maximum atomic E-state index is 12.4. The summed E-state index contributed by atoms with van der Waals surface area (Å²) in [7, 11) is 1.63. The van der Waals surface area contributed by atoms with Crippen LogP contribution in [0, 0.1) is 0 Å². The third kappa shape index (κ3) is 7.17. The van der Waals surface area contributed by atoms with Crippen molar-refractivity contribution in [2.24, 2.45) is 0 Å². The molecule has 0 aliphatic carbocycles. The molecule has 0 aromatic carbocycles. The van der Waals surface area contributed by atoms with E-state index in [9.17, 15) is 4.79 Å². The van der Waals surface area contributed by atoms with E-state index in [1.807, 2.05) is 30.9 Å². The lowest BCUT2D eigenvalue weighted by Gasteiger charge is -2.22. The first-order valence-corrected chi connectivity index (χ1v) is 7.35. The van der Waals surface area contributed by atoms with Crippen molar-refractivity contribution in [3.05, 3.63) is 35.6 Å². The number of unbranched alkanes of at least 4 members (excludes halogenated alkanes) is 1. The van der Waals surface area contributed by atoms with E-state index in [0.717, 1.165) is 43.7 Å². The Morgan fingerprint density at radius 3 is 2.30 bits per heavy atom. The topological polar surface area (TPSA) is 29.5 Å². The van der Waals surface area contributed by atoms with E-state index in [4.69, 9.17) is 4.74 Å². The van der Waals surface area contributed by atoms with Gasteiger partial charge in [-0.25, -0.2) is 0 Å². The molecule has 0 N–H and O–H groups in total. The zero-order chi connectivity index (χ0) is 15.5. The predicted octanol–water partition coefficient (Wildman–Crippen LogP) is 4.08. The summed E-state index contributed by atoms with van der Waals surface area (Å²) in [5.41, 5.74) is 1.50. The number of ether oxygens (including phenoxy) is 1. The standard InChI is InChI=1S/C17H29NO2/c1-7-9-11-18(10-8-2)17(19)15(4)12-14(3)13-16(5)20-6/h12-13H,4,7-11H2,1-3,5-6H3/b14-12-,16-13+. The fourth-order valence-corrected chi connectivity index (χ4v) is 1.89. The summed E-state index contributed by atoms with van der Waals surface area (Å²) in [4.78, 5) is 14.3. The molecule has 0 aliphatic rings. The average Bonchev–Trinajstić information content (AvgIpc) is 2.42. The van der Waals surface area contributed by atoms with Gasteiger partial charge in [0.25, 0.3) is 5.91 Å². The highest BCUT2D eigenvalue weighted by Gasteiger charge is 2.13. The first kappa shape index (κ1) is 18.5. The van der Waals surface area contributed by atoms with E-state index < -0.39 is 0 Å². The molecule has 0 aliphatic heterocycles. The van der Waals surface area contributed by atoms with Gasteiger partial charge in [0.05, 0.1) is 12.9 Å². The molecule has 0 aromatic heterocycles. The summed E-state index contributed by atoms with van der Waals surface area (Å²) in [6.45, 7) is 13.5. The largest absolute Gasteiger partial charge is 0.501 e. The van der Waals surface area contributed by atoms with Crippen LogP contribution in [-0.4, -0.2) is 31.0 Å². The highest BCUT2D eigenvalue weighted by Crippen LogP contribution is 2.10. The number of nitrogens with zero attached hydrogens (tertiary/aromatic N) is 1. The van der Waals surface area contributed by atoms with Gasteiger partial charge < -0.3 is 9.64 Å². The summed E-state index contributed by atoms with van der Waals surface area (Å²) in [6, 6.07) is 0. The monoisotopic (exact) mass is 279 g/mol.